The average molecular weight is 783 g/mol. The van der Waals surface area contributed by atoms with Crippen LogP contribution in [0.3, 0.4) is 0 Å². The maximum absolute atomic E-state index is 13.2. The minimum Gasteiger partial charge on any atom is -0.384 e. The Morgan fingerprint density at radius 3 is 1.10 bits per heavy atom. The van der Waals surface area contributed by atoms with E-state index in [9.17, 15) is 9.59 Å². The number of fused-ring (bicyclic) bond motifs is 2. The molecule has 0 fully saturated rings. The molecule has 0 aliphatic heterocycles. The van der Waals surface area contributed by atoms with Crippen molar-refractivity contribution in [2.75, 3.05) is 22.9 Å². The zero-order chi connectivity index (χ0) is 41.3. The van der Waals surface area contributed by atoms with Crippen LogP contribution in [0.2, 0.25) is 0 Å². The van der Waals surface area contributed by atoms with E-state index in [1.54, 1.807) is 0 Å². The Hall–Kier alpha value is -7.70. The summed E-state index contributed by atoms with van der Waals surface area (Å²) in [6.45, 7) is 5.05. The second kappa shape index (κ2) is 18.3. The highest BCUT2D eigenvalue weighted by Crippen LogP contribution is 2.41. The van der Waals surface area contributed by atoms with Gasteiger partial charge in [-0.05, 0) is 96.4 Å². The van der Waals surface area contributed by atoms with Gasteiger partial charge in [0.05, 0.1) is 33.9 Å². The van der Waals surface area contributed by atoms with Gasteiger partial charge in [-0.15, -0.1) is 0 Å². The number of carbonyl (C=O) groups excluding carboxylic acids is 2. The van der Waals surface area contributed by atoms with Crippen molar-refractivity contribution in [1.82, 2.24) is 10.6 Å². The molecule has 0 saturated carbocycles. The van der Waals surface area contributed by atoms with Crippen LogP contribution in [0.4, 0.5) is 34.1 Å². The summed E-state index contributed by atoms with van der Waals surface area (Å²) in [6, 6.07) is 66.3. The Morgan fingerprint density at radius 2 is 0.733 bits per heavy atom. The number of aldehydes is 2. The molecule has 0 spiro atoms. The fourth-order valence-electron chi connectivity index (χ4n) is 7.94. The largest absolute Gasteiger partial charge is 0.384 e. The van der Waals surface area contributed by atoms with Crippen molar-refractivity contribution in [3.05, 3.63) is 216 Å². The summed E-state index contributed by atoms with van der Waals surface area (Å²) in [4.78, 5) is 31.0. The fourth-order valence-corrected chi connectivity index (χ4v) is 7.94. The van der Waals surface area contributed by atoms with Gasteiger partial charge in [0.2, 0.25) is 0 Å². The van der Waals surface area contributed by atoms with Crippen LogP contribution in [0.5, 0.6) is 0 Å². The van der Waals surface area contributed by atoms with Gasteiger partial charge in [0, 0.05) is 46.6 Å². The van der Waals surface area contributed by atoms with Crippen molar-refractivity contribution in [1.29, 1.82) is 0 Å². The van der Waals surface area contributed by atoms with Crippen LogP contribution in [0.15, 0.2) is 205 Å². The Balaban J connectivity index is 1.21. The Kier molecular flexibility index (Phi) is 11.9. The van der Waals surface area contributed by atoms with Crippen LogP contribution >= 0.6 is 0 Å². The summed E-state index contributed by atoms with van der Waals surface area (Å²) in [5.41, 5.74) is 9.34. The van der Waals surface area contributed by atoms with E-state index in [0.29, 0.717) is 24.5 Å². The molecule has 0 unspecified atom stereocenters. The predicted molar refractivity (Wildman–Crippen MR) is 251 cm³/mol. The number of carbonyl (C=O) groups is 2. The molecule has 0 aromatic heterocycles. The summed E-state index contributed by atoms with van der Waals surface area (Å²) in [7, 11) is 0. The van der Waals surface area contributed by atoms with Gasteiger partial charge in [-0.25, -0.2) is 0 Å². The predicted octanol–water partition coefficient (Wildman–Crippen LogP) is 12.7. The standard InChI is InChI=1S/C54H46N4O2/c1-3-55-53(41-29-33-45(34-30-41)57(43-21-7-5-8-22-43)51-27-15-19-39-17-11-13-25-47(39)51)49(37-59)50(38-60)54(56-4-2)42-31-35-46(36-32-42)58(44-23-9-6-10-24-44)52-28-16-20-40-18-12-14-26-48(40)52/h5-38,55-56H,3-4H2,1-2H3/b53-49-,54-50-. The third-order valence-corrected chi connectivity index (χ3v) is 10.6. The lowest BCUT2D eigenvalue weighted by atomic mass is 9.96. The summed E-state index contributed by atoms with van der Waals surface area (Å²) in [5, 5.41) is 11.4. The van der Waals surface area contributed by atoms with Gasteiger partial charge in [-0.2, -0.15) is 0 Å². The molecular weight excluding hydrogens is 737 g/mol. The van der Waals surface area contributed by atoms with E-state index in [4.69, 9.17) is 0 Å². The average Bonchev–Trinajstić information content (AvgIpc) is 3.31. The maximum atomic E-state index is 13.2. The van der Waals surface area contributed by atoms with Crippen molar-refractivity contribution >= 4 is 79.6 Å². The van der Waals surface area contributed by atoms with Crippen LogP contribution in [0.1, 0.15) is 25.0 Å². The highest BCUT2D eigenvalue weighted by molar-refractivity contribution is 6.07. The number of rotatable bonds is 15. The first kappa shape index (κ1) is 39.1. The molecule has 0 heterocycles. The van der Waals surface area contributed by atoms with Gasteiger partial charge in [-0.1, -0.05) is 133 Å². The van der Waals surface area contributed by atoms with Crippen molar-refractivity contribution in [2.45, 2.75) is 13.8 Å². The lowest BCUT2D eigenvalue weighted by Crippen LogP contribution is -2.20. The molecule has 0 atom stereocenters. The lowest BCUT2D eigenvalue weighted by molar-refractivity contribution is -0.107. The maximum Gasteiger partial charge on any atom is 0.152 e. The zero-order valence-electron chi connectivity index (χ0n) is 33.8. The van der Waals surface area contributed by atoms with Crippen LogP contribution in [-0.2, 0) is 9.59 Å². The highest BCUT2D eigenvalue weighted by Gasteiger charge is 2.21. The number of anilines is 6. The fraction of sp³-hybridized carbons (Fsp3) is 0.0741. The van der Waals surface area contributed by atoms with Crippen LogP contribution in [-0.4, -0.2) is 25.7 Å². The van der Waals surface area contributed by atoms with Crippen LogP contribution in [0.25, 0.3) is 32.9 Å². The van der Waals surface area contributed by atoms with E-state index in [1.165, 1.54) is 0 Å². The van der Waals surface area contributed by atoms with Gasteiger partial charge in [0.1, 0.15) is 0 Å². The number of nitrogens with one attached hydrogen (secondary N) is 2. The number of hydrogen-bond donors (Lipinski definition) is 2. The first-order chi connectivity index (χ1) is 29.6. The SMILES string of the molecule is CCN/C(=C(C=O)\C(C=O)=C(/NCC)c1ccc(N(c2ccccc2)c2cccc3ccccc23)cc1)c1ccc(N(c2ccccc2)c2cccc3ccccc23)cc1. The smallest absolute Gasteiger partial charge is 0.152 e. The highest BCUT2D eigenvalue weighted by atomic mass is 16.1. The normalized spacial score (nSPS) is 12.0. The summed E-state index contributed by atoms with van der Waals surface area (Å²) in [6.07, 6.45) is 1.57. The van der Waals surface area contributed by atoms with Gasteiger partial charge in [0.25, 0.3) is 0 Å². The van der Waals surface area contributed by atoms with Gasteiger partial charge in [-0.3, -0.25) is 9.59 Å². The Bertz CT molecular complexity index is 2610. The molecule has 0 radical (unpaired) electrons. The molecule has 8 aromatic carbocycles. The zero-order valence-corrected chi connectivity index (χ0v) is 33.8. The molecule has 0 bridgehead atoms. The second-order valence-electron chi connectivity index (χ2n) is 14.3. The van der Waals surface area contributed by atoms with Crippen LogP contribution < -0.4 is 20.4 Å². The van der Waals surface area contributed by atoms with E-state index in [-0.39, 0.29) is 11.1 Å². The van der Waals surface area contributed by atoms with Crippen LogP contribution in [0, 0.1) is 0 Å². The van der Waals surface area contributed by atoms with E-state index >= 15 is 0 Å². The topological polar surface area (TPSA) is 64.7 Å². The molecule has 2 N–H and O–H groups in total. The minimum atomic E-state index is 0.273. The number of allylic oxidation sites excluding steroid dienone is 2. The van der Waals surface area contributed by atoms with Crippen molar-refractivity contribution in [3.8, 4) is 0 Å². The molecule has 0 amide bonds. The summed E-state index contributed by atoms with van der Waals surface area (Å²) < 4.78 is 0. The van der Waals surface area contributed by atoms with Gasteiger partial charge >= 0.3 is 0 Å². The first-order valence-electron chi connectivity index (χ1n) is 20.4. The van der Waals surface area contributed by atoms with Crippen molar-refractivity contribution < 1.29 is 9.59 Å². The van der Waals surface area contributed by atoms with E-state index in [2.05, 4.69) is 154 Å². The number of benzene rings is 8. The third-order valence-electron chi connectivity index (χ3n) is 10.6. The summed E-state index contributed by atoms with van der Waals surface area (Å²) >= 11 is 0. The van der Waals surface area contributed by atoms with Gasteiger partial charge in [0.15, 0.2) is 12.6 Å². The summed E-state index contributed by atoms with van der Waals surface area (Å²) in [5.74, 6) is 0. The van der Waals surface area contributed by atoms with E-state index < -0.39 is 0 Å². The molecule has 0 saturated heterocycles. The molecule has 294 valence electrons. The number of hydrogen-bond acceptors (Lipinski definition) is 6. The first-order valence-corrected chi connectivity index (χ1v) is 20.4. The lowest BCUT2D eigenvalue weighted by Gasteiger charge is -2.27. The number of nitrogens with zero attached hydrogens (tertiary/aromatic N) is 2. The van der Waals surface area contributed by atoms with Crippen molar-refractivity contribution in [2.24, 2.45) is 0 Å². The third kappa shape index (κ3) is 7.91. The molecule has 0 aliphatic carbocycles. The molecule has 6 nitrogen and oxygen atoms in total. The molecule has 8 rings (SSSR count). The monoisotopic (exact) mass is 782 g/mol. The van der Waals surface area contributed by atoms with Gasteiger partial charge < -0.3 is 20.4 Å². The molecule has 60 heavy (non-hydrogen) atoms. The Labute approximate surface area is 351 Å². The second-order valence-corrected chi connectivity index (χ2v) is 14.3. The molecule has 8 aromatic rings. The van der Waals surface area contributed by atoms with Crippen molar-refractivity contribution in [3.63, 3.8) is 0 Å². The molecule has 0 aliphatic rings. The quantitative estimate of drug-likeness (QED) is 0.0613. The number of para-hydroxylation sites is 2. The van der Waals surface area contributed by atoms with E-state index in [0.717, 1.165) is 79.4 Å². The minimum absolute atomic E-state index is 0.273. The van der Waals surface area contributed by atoms with E-state index in [1.807, 2.05) is 74.5 Å². The molecule has 6 heteroatoms. The Morgan fingerprint density at radius 1 is 0.400 bits per heavy atom. The molecular formula is C54H46N4O2.